The van der Waals surface area contributed by atoms with Crippen molar-refractivity contribution in [2.45, 2.75) is 33.1 Å². The van der Waals surface area contributed by atoms with Crippen molar-refractivity contribution in [3.8, 4) is 0 Å². The number of ketones is 1. The lowest BCUT2D eigenvalue weighted by atomic mass is 10.1. The maximum Gasteiger partial charge on any atom is 0.272 e. The second-order valence-electron chi connectivity index (χ2n) is 5.52. The first-order valence-electron chi connectivity index (χ1n) is 7.38. The van der Waals surface area contributed by atoms with Crippen molar-refractivity contribution in [2.75, 3.05) is 13.1 Å². The maximum atomic E-state index is 12.8. The number of pyridine rings is 1. The molecule has 3 heterocycles. The summed E-state index contributed by atoms with van der Waals surface area (Å²) in [4.78, 5) is 30.5. The Morgan fingerprint density at radius 3 is 2.71 bits per heavy atom. The Morgan fingerprint density at radius 1 is 1.33 bits per heavy atom. The summed E-state index contributed by atoms with van der Waals surface area (Å²) in [6, 6.07) is 3.96. The zero-order valence-corrected chi connectivity index (χ0v) is 12.4. The van der Waals surface area contributed by atoms with Crippen LogP contribution in [0.15, 0.2) is 18.3 Å². The molecule has 110 valence electrons. The highest BCUT2D eigenvalue weighted by atomic mass is 16.2. The standard InChI is InChI=1S/C16H19N3O2/c1-3-13-15(16(21)18-7-5-12(20)6-8-18)19-9-4-11(2)10-14(19)17-13/h4,9-10H,3,5-8H2,1-2H3. The molecule has 0 saturated carbocycles. The van der Waals surface area contributed by atoms with Gasteiger partial charge in [-0.3, -0.25) is 14.0 Å². The van der Waals surface area contributed by atoms with Crippen molar-refractivity contribution < 1.29 is 9.59 Å². The molecule has 5 nitrogen and oxygen atoms in total. The number of hydrogen-bond acceptors (Lipinski definition) is 3. The fourth-order valence-electron chi connectivity index (χ4n) is 2.78. The molecular weight excluding hydrogens is 266 g/mol. The highest BCUT2D eigenvalue weighted by Gasteiger charge is 2.26. The molecule has 21 heavy (non-hydrogen) atoms. The Bertz CT molecular complexity index is 708. The van der Waals surface area contributed by atoms with E-state index >= 15 is 0 Å². The normalized spacial score (nSPS) is 15.7. The molecule has 0 spiro atoms. The van der Waals surface area contributed by atoms with Crippen LogP contribution >= 0.6 is 0 Å². The highest BCUT2D eigenvalue weighted by Crippen LogP contribution is 2.18. The molecule has 0 N–H and O–H groups in total. The van der Waals surface area contributed by atoms with Gasteiger partial charge < -0.3 is 4.90 Å². The van der Waals surface area contributed by atoms with E-state index in [1.165, 1.54) is 0 Å². The summed E-state index contributed by atoms with van der Waals surface area (Å²) in [6.07, 6.45) is 3.54. The number of Topliss-reactive ketones (excluding diaryl/α,β-unsaturated/α-hetero) is 1. The quantitative estimate of drug-likeness (QED) is 0.848. The van der Waals surface area contributed by atoms with Crippen molar-refractivity contribution in [1.29, 1.82) is 0 Å². The predicted octanol–water partition coefficient (Wildman–Crippen LogP) is 2.01. The maximum absolute atomic E-state index is 12.8. The summed E-state index contributed by atoms with van der Waals surface area (Å²) >= 11 is 0. The van der Waals surface area contributed by atoms with E-state index in [4.69, 9.17) is 0 Å². The minimum absolute atomic E-state index is 0.0179. The number of nitrogens with zero attached hydrogens (tertiary/aromatic N) is 3. The van der Waals surface area contributed by atoms with Gasteiger partial charge in [0.05, 0.1) is 5.69 Å². The smallest absolute Gasteiger partial charge is 0.272 e. The van der Waals surface area contributed by atoms with Crippen LogP contribution in [0.25, 0.3) is 5.65 Å². The van der Waals surface area contributed by atoms with E-state index in [1.54, 1.807) is 4.90 Å². The molecule has 2 aromatic heterocycles. The Hall–Kier alpha value is -2.17. The lowest BCUT2D eigenvalue weighted by molar-refractivity contribution is -0.120. The minimum Gasteiger partial charge on any atom is -0.336 e. The van der Waals surface area contributed by atoms with Gasteiger partial charge in [-0.15, -0.1) is 0 Å². The van der Waals surface area contributed by atoms with Crippen LogP contribution in [-0.4, -0.2) is 39.1 Å². The van der Waals surface area contributed by atoms with Gasteiger partial charge in [-0.25, -0.2) is 4.98 Å². The van der Waals surface area contributed by atoms with Crippen molar-refractivity contribution in [3.05, 3.63) is 35.3 Å². The van der Waals surface area contributed by atoms with Gasteiger partial charge in [0.1, 0.15) is 17.1 Å². The van der Waals surface area contributed by atoms with Crippen LogP contribution in [0, 0.1) is 6.92 Å². The summed E-state index contributed by atoms with van der Waals surface area (Å²) in [5, 5.41) is 0. The molecule has 0 aromatic carbocycles. The molecule has 0 atom stereocenters. The van der Waals surface area contributed by atoms with E-state index in [1.807, 2.05) is 36.6 Å². The first-order valence-corrected chi connectivity index (χ1v) is 7.38. The minimum atomic E-state index is -0.0179. The third-order valence-electron chi connectivity index (χ3n) is 4.00. The molecule has 1 amide bonds. The van der Waals surface area contributed by atoms with E-state index in [0.29, 0.717) is 38.0 Å². The number of aryl methyl sites for hydroxylation is 2. The van der Waals surface area contributed by atoms with Gasteiger partial charge in [-0.1, -0.05) is 6.92 Å². The predicted molar refractivity (Wildman–Crippen MR) is 79.5 cm³/mol. The van der Waals surface area contributed by atoms with E-state index in [0.717, 1.165) is 16.9 Å². The van der Waals surface area contributed by atoms with Crippen molar-refractivity contribution in [1.82, 2.24) is 14.3 Å². The monoisotopic (exact) mass is 285 g/mol. The third kappa shape index (κ3) is 2.44. The number of imidazole rings is 1. The Labute approximate surface area is 123 Å². The van der Waals surface area contributed by atoms with Crippen molar-refractivity contribution in [2.24, 2.45) is 0 Å². The molecule has 2 aromatic rings. The largest absolute Gasteiger partial charge is 0.336 e. The zero-order chi connectivity index (χ0) is 15.0. The van der Waals surface area contributed by atoms with Crippen LogP contribution in [0.3, 0.4) is 0 Å². The first-order chi connectivity index (χ1) is 10.1. The van der Waals surface area contributed by atoms with Crippen LogP contribution in [0.2, 0.25) is 0 Å². The summed E-state index contributed by atoms with van der Waals surface area (Å²) in [5.74, 6) is 0.222. The second kappa shape index (κ2) is 5.31. The number of hydrogen-bond donors (Lipinski definition) is 0. The van der Waals surface area contributed by atoms with Crippen LogP contribution in [0.1, 0.15) is 41.5 Å². The molecule has 0 unspecified atom stereocenters. The number of piperidine rings is 1. The SMILES string of the molecule is CCc1nc2cc(C)ccn2c1C(=O)N1CCC(=O)CC1. The molecule has 1 aliphatic heterocycles. The van der Waals surface area contributed by atoms with Gasteiger partial charge >= 0.3 is 0 Å². The molecule has 5 heteroatoms. The van der Waals surface area contributed by atoms with Gasteiger partial charge in [0.25, 0.3) is 5.91 Å². The number of rotatable bonds is 2. The topological polar surface area (TPSA) is 54.7 Å². The first kappa shape index (κ1) is 13.8. The van der Waals surface area contributed by atoms with Gasteiger partial charge in [0, 0.05) is 32.1 Å². The van der Waals surface area contributed by atoms with Crippen molar-refractivity contribution in [3.63, 3.8) is 0 Å². The van der Waals surface area contributed by atoms with Crippen LogP contribution in [0.5, 0.6) is 0 Å². The highest BCUT2D eigenvalue weighted by molar-refractivity contribution is 5.96. The Kier molecular flexibility index (Phi) is 3.49. The lowest BCUT2D eigenvalue weighted by Crippen LogP contribution is -2.39. The van der Waals surface area contributed by atoms with Gasteiger partial charge in [0.2, 0.25) is 0 Å². The molecule has 1 saturated heterocycles. The molecule has 1 aliphatic rings. The molecular formula is C16H19N3O2. The molecule has 0 radical (unpaired) electrons. The summed E-state index contributed by atoms with van der Waals surface area (Å²) in [7, 11) is 0. The van der Waals surface area contributed by atoms with E-state index in [-0.39, 0.29) is 11.7 Å². The van der Waals surface area contributed by atoms with Crippen molar-refractivity contribution >= 4 is 17.3 Å². The summed E-state index contributed by atoms with van der Waals surface area (Å²) in [6.45, 7) is 5.04. The number of likely N-dealkylation sites (tertiary alicyclic amines) is 1. The van der Waals surface area contributed by atoms with Crippen LogP contribution in [-0.2, 0) is 11.2 Å². The fraction of sp³-hybridized carbons (Fsp3) is 0.438. The fourth-order valence-corrected chi connectivity index (χ4v) is 2.78. The number of carbonyl (C=O) groups excluding carboxylic acids is 2. The zero-order valence-electron chi connectivity index (χ0n) is 12.4. The number of fused-ring (bicyclic) bond motifs is 1. The van der Waals surface area contributed by atoms with Crippen LogP contribution < -0.4 is 0 Å². The Balaban J connectivity index is 2.02. The van der Waals surface area contributed by atoms with Gasteiger partial charge in [-0.05, 0) is 31.0 Å². The number of amides is 1. The second-order valence-corrected chi connectivity index (χ2v) is 5.52. The van der Waals surface area contributed by atoms with E-state index in [9.17, 15) is 9.59 Å². The molecule has 0 bridgehead atoms. The van der Waals surface area contributed by atoms with Crippen LogP contribution in [0.4, 0.5) is 0 Å². The van der Waals surface area contributed by atoms with Gasteiger partial charge in [0.15, 0.2) is 0 Å². The third-order valence-corrected chi connectivity index (χ3v) is 4.00. The molecule has 1 fully saturated rings. The van der Waals surface area contributed by atoms with Gasteiger partial charge in [-0.2, -0.15) is 0 Å². The van der Waals surface area contributed by atoms with E-state index in [2.05, 4.69) is 4.98 Å². The average molecular weight is 285 g/mol. The molecule has 0 aliphatic carbocycles. The number of carbonyl (C=O) groups is 2. The van der Waals surface area contributed by atoms with E-state index < -0.39 is 0 Å². The lowest BCUT2D eigenvalue weighted by Gasteiger charge is -2.26. The average Bonchev–Trinajstić information content (AvgIpc) is 2.84. The number of aromatic nitrogens is 2. The molecule has 3 rings (SSSR count). The summed E-state index contributed by atoms with van der Waals surface area (Å²) < 4.78 is 1.87. The summed E-state index contributed by atoms with van der Waals surface area (Å²) in [5.41, 5.74) is 3.39. The Morgan fingerprint density at radius 2 is 2.05 bits per heavy atom.